The second kappa shape index (κ2) is 25.3. The minimum absolute atomic E-state index is 0.0502. The first-order valence-corrected chi connectivity index (χ1v) is 21.3. The average molecular weight is 857 g/mol. The van der Waals surface area contributed by atoms with Gasteiger partial charge in [-0.25, -0.2) is 13.8 Å². The third-order valence-electron chi connectivity index (χ3n) is 9.25. The Bertz CT molecular complexity index is 1840. The van der Waals surface area contributed by atoms with Gasteiger partial charge in [0.2, 0.25) is 11.8 Å². The zero-order valence-corrected chi connectivity index (χ0v) is 35.6. The Kier molecular flexibility index (Phi) is 20.3. The lowest BCUT2D eigenvalue weighted by Crippen LogP contribution is -2.44. The van der Waals surface area contributed by atoms with Crippen molar-refractivity contribution in [3.8, 4) is 11.3 Å². The second-order valence-electron chi connectivity index (χ2n) is 15.0. The number of nitrogens with zero attached hydrogens (tertiary/aromatic N) is 4. The number of benzene rings is 2. The molecule has 2 aromatic carbocycles. The topological polar surface area (TPSA) is 168 Å². The first-order chi connectivity index (χ1) is 28.9. The van der Waals surface area contributed by atoms with Gasteiger partial charge in [0.05, 0.1) is 70.3 Å². The number of imidazole rings is 1. The van der Waals surface area contributed by atoms with E-state index in [1.807, 2.05) is 60.6 Å². The number of carbonyl (C=O) groups is 4. The highest BCUT2D eigenvalue weighted by atomic mass is 32.2. The van der Waals surface area contributed by atoms with Crippen molar-refractivity contribution in [1.82, 2.24) is 24.7 Å². The number of hydrogen-bond acceptors (Lipinski definition) is 11. The number of carbonyl (C=O) groups excluding carboxylic acids is 4. The van der Waals surface area contributed by atoms with Gasteiger partial charge in [-0.2, -0.15) is 0 Å². The molecular weight excluding hydrogens is 799 g/mol. The molecule has 328 valence electrons. The SMILES string of the molecule is CC(C)(C)C(c1nc(-c2cc(F)ccc2F)cn1Cc1ccccc1)N(CCCN)C(=O)CSCCOCCOCCOCCOCCC(=O)NCCN1C(=O)C=CC1=O. The monoisotopic (exact) mass is 856 g/mol. The summed E-state index contributed by atoms with van der Waals surface area (Å²) in [7, 11) is 0. The zero-order valence-electron chi connectivity index (χ0n) is 34.7. The fraction of sp³-hybridized carbons (Fsp3) is 0.512. The van der Waals surface area contributed by atoms with Crippen LogP contribution in [0.5, 0.6) is 0 Å². The average Bonchev–Trinajstić information content (AvgIpc) is 3.77. The van der Waals surface area contributed by atoms with Gasteiger partial charge in [-0.1, -0.05) is 51.1 Å². The maximum absolute atomic E-state index is 15.0. The predicted octanol–water partition coefficient (Wildman–Crippen LogP) is 4.37. The number of thioether (sulfide) groups is 1. The molecule has 3 N–H and O–H groups in total. The smallest absolute Gasteiger partial charge is 0.253 e. The van der Waals surface area contributed by atoms with Gasteiger partial charge in [-0.3, -0.25) is 24.1 Å². The van der Waals surface area contributed by atoms with Crippen LogP contribution in [0.2, 0.25) is 0 Å². The minimum atomic E-state index is -0.586. The van der Waals surface area contributed by atoms with Crippen molar-refractivity contribution in [2.45, 2.75) is 46.2 Å². The van der Waals surface area contributed by atoms with E-state index in [2.05, 4.69) is 5.32 Å². The molecule has 1 unspecified atom stereocenters. The third-order valence-corrected chi connectivity index (χ3v) is 10.2. The van der Waals surface area contributed by atoms with Crippen LogP contribution < -0.4 is 11.1 Å². The number of aromatic nitrogens is 2. The van der Waals surface area contributed by atoms with Crippen LogP contribution in [0, 0.1) is 17.0 Å². The molecule has 1 aliphatic rings. The Morgan fingerprint density at radius 3 is 2.17 bits per heavy atom. The van der Waals surface area contributed by atoms with E-state index in [0.717, 1.165) is 28.7 Å². The van der Waals surface area contributed by atoms with E-state index in [0.29, 0.717) is 83.9 Å². The molecule has 4 rings (SSSR count). The number of ether oxygens (including phenoxy) is 4. The van der Waals surface area contributed by atoms with Crippen LogP contribution in [0.15, 0.2) is 66.9 Å². The summed E-state index contributed by atoms with van der Waals surface area (Å²) in [4.78, 5) is 56.7. The largest absolute Gasteiger partial charge is 0.379 e. The molecule has 0 bridgehead atoms. The summed E-state index contributed by atoms with van der Waals surface area (Å²) in [5.41, 5.74) is 6.78. The number of halogens is 2. The molecule has 3 aromatic rings. The summed E-state index contributed by atoms with van der Waals surface area (Å²) in [5.74, 6) is -0.873. The van der Waals surface area contributed by atoms with E-state index in [1.54, 1.807) is 6.20 Å². The van der Waals surface area contributed by atoms with Gasteiger partial charge < -0.3 is 39.5 Å². The third kappa shape index (κ3) is 15.8. The first-order valence-electron chi connectivity index (χ1n) is 20.1. The van der Waals surface area contributed by atoms with E-state index < -0.39 is 23.1 Å². The van der Waals surface area contributed by atoms with Crippen LogP contribution in [0.1, 0.15) is 51.0 Å². The number of hydrogen-bond donors (Lipinski definition) is 2. The summed E-state index contributed by atoms with van der Waals surface area (Å²) in [6, 6.07) is 12.6. The highest BCUT2D eigenvalue weighted by Gasteiger charge is 2.38. The lowest BCUT2D eigenvalue weighted by molar-refractivity contribution is -0.137. The van der Waals surface area contributed by atoms with Gasteiger partial charge in [0.15, 0.2) is 0 Å². The molecule has 2 heterocycles. The van der Waals surface area contributed by atoms with Crippen molar-refractivity contribution in [1.29, 1.82) is 0 Å². The van der Waals surface area contributed by atoms with E-state index in [9.17, 15) is 23.6 Å². The van der Waals surface area contributed by atoms with Crippen LogP contribution >= 0.6 is 11.8 Å². The maximum Gasteiger partial charge on any atom is 0.253 e. The number of rotatable bonds is 28. The van der Waals surface area contributed by atoms with Crippen LogP contribution in [-0.2, 0) is 44.7 Å². The molecule has 4 amide bonds. The van der Waals surface area contributed by atoms with E-state index >= 15 is 4.39 Å². The van der Waals surface area contributed by atoms with Crippen LogP contribution in [0.4, 0.5) is 8.78 Å². The molecule has 60 heavy (non-hydrogen) atoms. The molecule has 1 aromatic heterocycles. The van der Waals surface area contributed by atoms with Crippen molar-refractivity contribution >= 4 is 35.4 Å². The van der Waals surface area contributed by atoms with Gasteiger partial charge in [0.1, 0.15) is 17.5 Å². The van der Waals surface area contributed by atoms with Crippen molar-refractivity contribution in [2.75, 3.05) is 90.5 Å². The molecule has 0 radical (unpaired) electrons. The van der Waals surface area contributed by atoms with Gasteiger partial charge in [0, 0.05) is 62.3 Å². The fourth-order valence-electron chi connectivity index (χ4n) is 6.37. The highest BCUT2D eigenvalue weighted by molar-refractivity contribution is 7.99. The Hall–Kier alpha value is -4.52. The van der Waals surface area contributed by atoms with Crippen molar-refractivity contribution < 1.29 is 46.9 Å². The van der Waals surface area contributed by atoms with E-state index in [4.69, 9.17) is 29.7 Å². The lowest BCUT2D eigenvalue weighted by atomic mass is 9.84. The van der Waals surface area contributed by atoms with Crippen LogP contribution in [0.3, 0.4) is 0 Å². The fourth-order valence-corrected chi connectivity index (χ4v) is 7.09. The second-order valence-corrected chi connectivity index (χ2v) is 16.1. The molecule has 0 saturated heterocycles. The van der Waals surface area contributed by atoms with E-state index in [1.165, 1.54) is 23.9 Å². The molecule has 14 nitrogen and oxygen atoms in total. The maximum atomic E-state index is 15.0. The van der Waals surface area contributed by atoms with Crippen molar-refractivity contribution in [2.24, 2.45) is 11.1 Å². The number of nitrogens with one attached hydrogen (secondary N) is 1. The zero-order chi connectivity index (χ0) is 43.3. The molecule has 17 heteroatoms. The normalized spacial score (nSPS) is 13.3. The molecule has 0 saturated carbocycles. The van der Waals surface area contributed by atoms with Gasteiger partial charge in [-0.15, -0.1) is 11.8 Å². The summed E-state index contributed by atoms with van der Waals surface area (Å²) in [6.07, 6.45) is 4.86. The van der Waals surface area contributed by atoms with Gasteiger partial charge in [0.25, 0.3) is 11.8 Å². The van der Waals surface area contributed by atoms with Gasteiger partial charge in [-0.05, 0) is 42.1 Å². The minimum Gasteiger partial charge on any atom is -0.379 e. The standard InChI is InChI=1S/C43H58F2N6O8S/c1-43(2,3)41(42-48-36(34-28-33(44)10-11-35(34)45)30-49(42)29-32-8-5-4-6-9-32)51(17-7-15-46)40(55)31-60-27-26-59-25-24-58-23-22-57-21-20-56-19-14-37(52)47-16-18-50-38(53)12-13-39(50)54/h4-6,8-13,28,30,41H,7,14-27,29,31,46H2,1-3H3,(H,47,52). The first kappa shape index (κ1) is 48.1. The molecule has 0 aliphatic carbocycles. The summed E-state index contributed by atoms with van der Waals surface area (Å²) in [6.45, 7) is 10.4. The summed E-state index contributed by atoms with van der Waals surface area (Å²) < 4.78 is 53.4. The van der Waals surface area contributed by atoms with Crippen LogP contribution in [0.25, 0.3) is 11.3 Å². The van der Waals surface area contributed by atoms with Crippen LogP contribution in [-0.4, -0.2) is 134 Å². The van der Waals surface area contributed by atoms with Crippen molar-refractivity contribution in [3.05, 3.63) is 89.9 Å². The molecule has 1 aliphatic heterocycles. The van der Waals surface area contributed by atoms with Gasteiger partial charge >= 0.3 is 0 Å². The molecule has 1 atom stereocenters. The lowest BCUT2D eigenvalue weighted by Gasteiger charge is -2.40. The summed E-state index contributed by atoms with van der Waals surface area (Å²) >= 11 is 1.46. The number of nitrogens with two attached hydrogens (primary N) is 1. The molecular formula is C43H58F2N6O8S. The Morgan fingerprint density at radius 1 is 0.900 bits per heavy atom. The number of imide groups is 1. The Morgan fingerprint density at radius 2 is 1.53 bits per heavy atom. The Balaban J connectivity index is 1.15. The van der Waals surface area contributed by atoms with Crippen molar-refractivity contribution in [3.63, 3.8) is 0 Å². The summed E-state index contributed by atoms with van der Waals surface area (Å²) in [5, 5.41) is 2.65. The Labute approximate surface area is 355 Å². The number of amides is 4. The molecule has 0 fully saturated rings. The van der Waals surface area contributed by atoms with E-state index in [-0.39, 0.29) is 66.8 Å². The predicted molar refractivity (Wildman–Crippen MR) is 225 cm³/mol. The molecule has 0 spiro atoms. The highest BCUT2D eigenvalue weighted by Crippen LogP contribution is 2.40. The quantitative estimate of drug-likeness (QED) is 0.0787.